The van der Waals surface area contributed by atoms with Crippen molar-refractivity contribution in [2.45, 2.75) is 26.4 Å². The highest BCUT2D eigenvalue weighted by Gasteiger charge is 2.23. The lowest BCUT2D eigenvalue weighted by Crippen LogP contribution is -2.28. The first-order chi connectivity index (χ1) is 6.97. The van der Waals surface area contributed by atoms with Crippen LogP contribution in [-0.2, 0) is 10.3 Å². The Kier molecular flexibility index (Phi) is 3.83. The molecule has 0 fully saturated rings. The van der Waals surface area contributed by atoms with Gasteiger partial charge in [0.05, 0.1) is 6.61 Å². The maximum atomic E-state index is 13.3. The van der Waals surface area contributed by atoms with Gasteiger partial charge in [0.1, 0.15) is 11.4 Å². The van der Waals surface area contributed by atoms with Gasteiger partial charge in [-0.15, -0.1) is 0 Å². The third-order valence-corrected chi connectivity index (χ3v) is 2.38. The predicted molar refractivity (Wildman–Crippen MR) is 57.2 cm³/mol. The summed E-state index contributed by atoms with van der Waals surface area (Å²) < 4.78 is 18.4. The molecule has 0 spiro atoms. The topological polar surface area (TPSA) is 29.5 Å². The van der Waals surface area contributed by atoms with Crippen molar-refractivity contribution >= 4 is 0 Å². The molecule has 2 nitrogen and oxygen atoms in total. The van der Waals surface area contributed by atoms with E-state index in [4.69, 9.17) is 4.74 Å². The van der Waals surface area contributed by atoms with Crippen molar-refractivity contribution in [1.82, 2.24) is 0 Å². The van der Waals surface area contributed by atoms with Crippen LogP contribution >= 0.6 is 0 Å². The van der Waals surface area contributed by atoms with Crippen LogP contribution in [0.25, 0.3) is 0 Å². The first kappa shape index (κ1) is 12.1. The van der Waals surface area contributed by atoms with Crippen LogP contribution in [0, 0.1) is 12.7 Å². The van der Waals surface area contributed by atoms with Crippen LogP contribution in [0.1, 0.15) is 25.0 Å². The van der Waals surface area contributed by atoms with Crippen molar-refractivity contribution in [1.29, 1.82) is 0 Å². The molecule has 1 rings (SSSR count). The fraction of sp³-hybridized carbons (Fsp3) is 0.500. The van der Waals surface area contributed by atoms with Crippen LogP contribution in [0.15, 0.2) is 18.2 Å². The summed E-state index contributed by atoms with van der Waals surface area (Å²) in [5, 5.41) is 10.0. The van der Waals surface area contributed by atoms with E-state index in [0.29, 0.717) is 17.7 Å². The zero-order valence-corrected chi connectivity index (χ0v) is 9.38. The van der Waals surface area contributed by atoms with Gasteiger partial charge in [0.25, 0.3) is 0 Å². The second-order valence-electron chi connectivity index (χ2n) is 3.87. The van der Waals surface area contributed by atoms with Gasteiger partial charge in [-0.1, -0.05) is 12.1 Å². The van der Waals surface area contributed by atoms with E-state index in [2.05, 4.69) is 0 Å². The van der Waals surface area contributed by atoms with E-state index in [-0.39, 0.29) is 12.4 Å². The average molecular weight is 212 g/mol. The smallest absolute Gasteiger partial charge is 0.126 e. The lowest BCUT2D eigenvalue weighted by atomic mass is 9.96. The molecule has 15 heavy (non-hydrogen) atoms. The molecule has 84 valence electrons. The van der Waals surface area contributed by atoms with Gasteiger partial charge >= 0.3 is 0 Å². The van der Waals surface area contributed by atoms with Crippen LogP contribution in [0.3, 0.4) is 0 Å². The summed E-state index contributed by atoms with van der Waals surface area (Å²) in [6.45, 7) is 5.87. The quantitative estimate of drug-likeness (QED) is 0.830. The molecule has 0 aliphatic carbocycles. The Morgan fingerprint density at radius 2 is 2.13 bits per heavy atom. The average Bonchev–Trinajstić information content (AvgIpc) is 2.19. The first-order valence-corrected chi connectivity index (χ1v) is 5.04. The van der Waals surface area contributed by atoms with Crippen molar-refractivity contribution in [3.05, 3.63) is 35.1 Å². The van der Waals surface area contributed by atoms with Gasteiger partial charge in [-0.25, -0.2) is 4.39 Å². The van der Waals surface area contributed by atoms with Gasteiger partial charge in [0, 0.05) is 6.61 Å². The summed E-state index contributed by atoms with van der Waals surface area (Å²) in [7, 11) is 0. The van der Waals surface area contributed by atoms with E-state index in [0.717, 1.165) is 0 Å². The van der Waals surface area contributed by atoms with Gasteiger partial charge in [0.2, 0.25) is 0 Å². The minimum absolute atomic E-state index is 0.173. The van der Waals surface area contributed by atoms with Gasteiger partial charge in [0.15, 0.2) is 0 Å². The summed E-state index contributed by atoms with van der Waals surface area (Å²) in [5.74, 6) is -0.302. The molecule has 1 atom stereocenters. The van der Waals surface area contributed by atoms with Crippen LogP contribution in [0.2, 0.25) is 0 Å². The van der Waals surface area contributed by atoms with Crippen molar-refractivity contribution in [2.75, 3.05) is 13.2 Å². The zero-order valence-electron chi connectivity index (χ0n) is 9.38. The Morgan fingerprint density at radius 3 is 2.67 bits per heavy atom. The number of aryl methyl sites for hydroxylation is 1. The number of halogens is 1. The van der Waals surface area contributed by atoms with E-state index >= 15 is 0 Å². The van der Waals surface area contributed by atoms with Crippen molar-refractivity contribution in [3.63, 3.8) is 0 Å². The number of hydrogen-bond donors (Lipinski definition) is 1. The Bertz CT molecular complexity index is 334. The second-order valence-corrected chi connectivity index (χ2v) is 3.87. The van der Waals surface area contributed by atoms with Crippen LogP contribution in [0.5, 0.6) is 0 Å². The van der Waals surface area contributed by atoms with Gasteiger partial charge in [-0.3, -0.25) is 0 Å². The Balaban J connectivity index is 2.89. The summed E-state index contributed by atoms with van der Waals surface area (Å²) >= 11 is 0. The molecule has 0 aliphatic rings. The molecule has 3 heteroatoms. The zero-order chi connectivity index (χ0) is 11.5. The number of hydrogen-bond acceptors (Lipinski definition) is 2. The lowest BCUT2D eigenvalue weighted by Gasteiger charge is -2.23. The van der Waals surface area contributed by atoms with Gasteiger partial charge in [-0.2, -0.15) is 0 Å². The first-order valence-electron chi connectivity index (χ1n) is 5.04. The molecule has 0 amide bonds. The minimum Gasteiger partial charge on any atom is -0.383 e. The van der Waals surface area contributed by atoms with Crippen LogP contribution < -0.4 is 0 Å². The normalized spacial score (nSPS) is 15.0. The second kappa shape index (κ2) is 4.73. The summed E-state index contributed by atoms with van der Waals surface area (Å²) in [6, 6.07) is 4.73. The Labute approximate surface area is 89.7 Å². The highest BCUT2D eigenvalue weighted by Crippen LogP contribution is 2.22. The lowest BCUT2D eigenvalue weighted by molar-refractivity contribution is -0.0345. The SMILES string of the molecule is CCOCC(C)(O)c1ccc(C)c(F)c1. The van der Waals surface area contributed by atoms with E-state index in [1.807, 2.05) is 6.92 Å². The monoisotopic (exact) mass is 212 g/mol. The fourth-order valence-electron chi connectivity index (χ4n) is 1.31. The molecule has 1 unspecified atom stereocenters. The van der Waals surface area contributed by atoms with E-state index in [1.165, 1.54) is 6.07 Å². The van der Waals surface area contributed by atoms with E-state index < -0.39 is 5.60 Å². The number of rotatable bonds is 4. The minimum atomic E-state index is -1.13. The number of ether oxygens (including phenoxy) is 1. The standard InChI is InChI=1S/C12H17FO2/c1-4-15-8-12(3,14)10-6-5-9(2)11(13)7-10/h5-7,14H,4,8H2,1-3H3. The predicted octanol–water partition coefficient (Wildman–Crippen LogP) is 2.38. The molecule has 0 radical (unpaired) electrons. The summed E-state index contributed by atoms with van der Waals surface area (Å²) in [6.07, 6.45) is 0. The molecule has 0 saturated heterocycles. The third kappa shape index (κ3) is 3.01. The molecule has 0 aliphatic heterocycles. The molecule has 0 bridgehead atoms. The summed E-state index contributed by atoms with van der Waals surface area (Å²) in [5.41, 5.74) is -0.0186. The largest absolute Gasteiger partial charge is 0.383 e. The molecule has 0 aromatic heterocycles. The van der Waals surface area contributed by atoms with E-state index in [9.17, 15) is 9.50 Å². The fourth-order valence-corrected chi connectivity index (χ4v) is 1.31. The Morgan fingerprint density at radius 1 is 1.47 bits per heavy atom. The number of benzene rings is 1. The third-order valence-electron chi connectivity index (χ3n) is 2.38. The highest BCUT2D eigenvalue weighted by molar-refractivity contribution is 5.27. The Hall–Kier alpha value is -0.930. The maximum Gasteiger partial charge on any atom is 0.126 e. The van der Waals surface area contributed by atoms with Crippen molar-refractivity contribution in [2.24, 2.45) is 0 Å². The molecule has 0 heterocycles. The summed E-state index contributed by atoms with van der Waals surface area (Å²) in [4.78, 5) is 0. The number of aliphatic hydroxyl groups is 1. The molecule has 1 N–H and O–H groups in total. The van der Waals surface area contributed by atoms with Gasteiger partial charge < -0.3 is 9.84 Å². The van der Waals surface area contributed by atoms with Crippen LogP contribution in [-0.4, -0.2) is 18.3 Å². The van der Waals surface area contributed by atoms with E-state index in [1.54, 1.807) is 26.0 Å². The molecular formula is C12H17FO2. The van der Waals surface area contributed by atoms with Crippen molar-refractivity contribution < 1.29 is 14.2 Å². The molecule has 0 saturated carbocycles. The molecular weight excluding hydrogens is 195 g/mol. The highest BCUT2D eigenvalue weighted by atomic mass is 19.1. The molecule has 1 aromatic rings. The maximum absolute atomic E-state index is 13.3. The van der Waals surface area contributed by atoms with Crippen LogP contribution in [0.4, 0.5) is 4.39 Å². The van der Waals surface area contributed by atoms with Gasteiger partial charge in [-0.05, 0) is 38.0 Å². The van der Waals surface area contributed by atoms with Crippen molar-refractivity contribution in [3.8, 4) is 0 Å². The molecule has 1 aromatic carbocycles.